The summed E-state index contributed by atoms with van der Waals surface area (Å²) in [6.45, 7) is 11.2. The first-order chi connectivity index (χ1) is 13.8. The van der Waals surface area contributed by atoms with E-state index < -0.39 is 0 Å². The number of aliphatic imine (C=N–C) groups is 1. The maximum atomic E-state index is 5.80. The molecule has 0 aromatic carbocycles. The Morgan fingerprint density at radius 1 is 1.24 bits per heavy atom. The molecule has 0 bridgehead atoms. The van der Waals surface area contributed by atoms with Gasteiger partial charge in [0.25, 0.3) is 0 Å². The topological polar surface area (TPSA) is 71.0 Å². The summed E-state index contributed by atoms with van der Waals surface area (Å²) in [7, 11) is 1.79. The lowest BCUT2D eigenvalue weighted by molar-refractivity contribution is 0.0203. The van der Waals surface area contributed by atoms with E-state index in [1.807, 2.05) is 6.20 Å². The molecule has 0 atom stereocenters. The van der Waals surface area contributed by atoms with Crippen molar-refractivity contribution >= 4 is 35.8 Å². The molecule has 2 rings (SSSR count). The van der Waals surface area contributed by atoms with Crippen LogP contribution < -0.4 is 15.5 Å². The van der Waals surface area contributed by atoms with Crippen LogP contribution in [0.1, 0.15) is 38.7 Å². The molecule has 29 heavy (non-hydrogen) atoms. The summed E-state index contributed by atoms with van der Waals surface area (Å²) in [6, 6.07) is 4.20. The summed E-state index contributed by atoms with van der Waals surface area (Å²) in [4.78, 5) is 11.1. The molecule has 0 amide bonds. The van der Waals surface area contributed by atoms with Crippen molar-refractivity contribution in [1.29, 1.82) is 0 Å². The van der Waals surface area contributed by atoms with Crippen LogP contribution in [0.2, 0.25) is 0 Å². The number of guanidine groups is 1. The molecule has 1 aliphatic rings. The lowest BCUT2D eigenvalue weighted by atomic mass is 10.0. The molecular weight excluding hydrogens is 481 g/mol. The van der Waals surface area contributed by atoms with E-state index in [-0.39, 0.29) is 24.0 Å². The highest BCUT2D eigenvalue weighted by molar-refractivity contribution is 14.0. The first-order valence-corrected chi connectivity index (χ1v) is 10.6. The number of nitrogens with zero attached hydrogens (tertiary/aromatic N) is 3. The van der Waals surface area contributed by atoms with E-state index in [0.717, 1.165) is 82.7 Å². The smallest absolute Gasteiger partial charge is 0.191 e. The molecule has 0 saturated carbocycles. The van der Waals surface area contributed by atoms with Crippen LogP contribution in [-0.2, 0) is 16.0 Å². The standard InChI is InChI=1S/C21H37N5O2.HI/c1-4-26(5-2)20-8-7-19(15-24-20)16-25-21(22-3)23-11-6-12-28-17-18-9-13-27-14-10-18;/h7-8,15,18H,4-6,9-14,16-17H2,1-3H3,(H2,22,23,25);1H. The van der Waals surface area contributed by atoms with Crippen LogP contribution in [-0.4, -0.2) is 64.1 Å². The van der Waals surface area contributed by atoms with Gasteiger partial charge in [-0.15, -0.1) is 24.0 Å². The van der Waals surface area contributed by atoms with Crippen molar-refractivity contribution in [1.82, 2.24) is 15.6 Å². The van der Waals surface area contributed by atoms with Crippen molar-refractivity contribution in [2.45, 2.75) is 39.7 Å². The zero-order chi connectivity index (χ0) is 20.0. The van der Waals surface area contributed by atoms with Crippen LogP contribution in [0, 0.1) is 5.92 Å². The van der Waals surface area contributed by atoms with E-state index in [1.165, 1.54) is 0 Å². The molecule has 8 heteroatoms. The predicted octanol–water partition coefficient (Wildman–Crippen LogP) is 3.04. The first-order valence-electron chi connectivity index (χ1n) is 10.6. The van der Waals surface area contributed by atoms with Gasteiger partial charge in [-0.1, -0.05) is 6.07 Å². The minimum Gasteiger partial charge on any atom is -0.381 e. The molecule has 1 aromatic heterocycles. The first kappa shape index (κ1) is 25.9. The van der Waals surface area contributed by atoms with Crippen LogP contribution >= 0.6 is 24.0 Å². The lowest BCUT2D eigenvalue weighted by Gasteiger charge is -2.21. The van der Waals surface area contributed by atoms with Crippen LogP contribution in [0.15, 0.2) is 23.3 Å². The number of halogens is 1. The highest BCUT2D eigenvalue weighted by Gasteiger charge is 2.13. The fraction of sp³-hybridized carbons (Fsp3) is 0.714. The van der Waals surface area contributed by atoms with Gasteiger partial charge in [0.1, 0.15) is 5.82 Å². The third-order valence-electron chi connectivity index (χ3n) is 5.03. The molecule has 0 radical (unpaired) electrons. The van der Waals surface area contributed by atoms with Gasteiger partial charge >= 0.3 is 0 Å². The summed E-state index contributed by atoms with van der Waals surface area (Å²) < 4.78 is 11.2. The Morgan fingerprint density at radius 3 is 2.62 bits per heavy atom. The molecule has 2 heterocycles. The monoisotopic (exact) mass is 519 g/mol. The highest BCUT2D eigenvalue weighted by Crippen LogP contribution is 2.14. The number of hydrogen-bond acceptors (Lipinski definition) is 5. The van der Waals surface area contributed by atoms with Crippen molar-refractivity contribution in [3.05, 3.63) is 23.9 Å². The molecule has 0 aliphatic carbocycles. The molecule has 1 aliphatic heterocycles. The number of ether oxygens (including phenoxy) is 2. The number of rotatable bonds is 11. The second-order valence-electron chi connectivity index (χ2n) is 7.03. The number of aromatic nitrogens is 1. The molecule has 1 saturated heterocycles. The van der Waals surface area contributed by atoms with Gasteiger partial charge in [0.05, 0.1) is 0 Å². The fourth-order valence-electron chi connectivity index (χ4n) is 3.21. The molecule has 0 unspecified atom stereocenters. The summed E-state index contributed by atoms with van der Waals surface area (Å²) in [5.41, 5.74) is 1.14. The predicted molar refractivity (Wildman–Crippen MR) is 130 cm³/mol. The van der Waals surface area contributed by atoms with Crippen molar-refractivity contribution in [2.75, 3.05) is 58.0 Å². The number of hydrogen-bond donors (Lipinski definition) is 2. The van der Waals surface area contributed by atoms with Gasteiger partial charge in [-0.05, 0) is 50.7 Å². The molecule has 7 nitrogen and oxygen atoms in total. The average molecular weight is 519 g/mol. The zero-order valence-electron chi connectivity index (χ0n) is 18.2. The minimum atomic E-state index is 0. The van der Waals surface area contributed by atoms with E-state index >= 15 is 0 Å². The normalized spacial score (nSPS) is 14.9. The Hall–Kier alpha value is -1.13. The van der Waals surface area contributed by atoms with Crippen LogP contribution in [0.4, 0.5) is 5.82 Å². The van der Waals surface area contributed by atoms with Gasteiger partial charge in [-0.25, -0.2) is 4.98 Å². The second-order valence-corrected chi connectivity index (χ2v) is 7.03. The minimum absolute atomic E-state index is 0. The quantitative estimate of drug-likeness (QED) is 0.203. The van der Waals surface area contributed by atoms with E-state index in [9.17, 15) is 0 Å². The number of anilines is 1. The average Bonchev–Trinajstić information content (AvgIpc) is 2.75. The van der Waals surface area contributed by atoms with Crippen molar-refractivity contribution in [2.24, 2.45) is 10.9 Å². The van der Waals surface area contributed by atoms with E-state index in [4.69, 9.17) is 9.47 Å². The summed E-state index contributed by atoms with van der Waals surface area (Å²) in [6.07, 6.45) is 5.14. The van der Waals surface area contributed by atoms with Gasteiger partial charge < -0.3 is 25.0 Å². The summed E-state index contributed by atoms with van der Waals surface area (Å²) in [5.74, 6) is 2.49. The van der Waals surface area contributed by atoms with Crippen molar-refractivity contribution in [3.8, 4) is 0 Å². The van der Waals surface area contributed by atoms with E-state index in [0.29, 0.717) is 12.5 Å². The van der Waals surface area contributed by atoms with Gasteiger partial charge in [0.15, 0.2) is 5.96 Å². The molecule has 166 valence electrons. The summed E-state index contributed by atoms with van der Waals surface area (Å²) >= 11 is 0. The third-order valence-corrected chi connectivity index (χ3v) is 5.03. The maximum absolute atomic E-state index is 5.80. The number of pyridine rings is 1. The Labute approximate surface area is 193 Å². The fourth-order valence-corrected chi connectivity index (χ4v) is 3.21. The Bertz CT molecular complexity index is 561. The van der Waals surface area contributed by atoms with Gasteiger partial charge in [-0.3, -0.25) is 4.99 Å². The summed E-state index contributed by atoms with van der Waals surface area (Å²) in [5, 5.41) is 6.67. The molecule has 1 aromatic rings. The largest absolute Gasteiger partial charge is 0.381 e. The SMILES string of the molecule is CCN(CC)c1ccc(CNC(=NC)NCCCOCC2CCOCC2)cn1.I. The van der Waals surface area contributed by atoms with E-state index in [1.54, 1.807) is 7.05 Å². The van der Waals surface area contributed by atoms with Crippen LogP contribution in [0.5, 0.6) is 0 Å². The molecule has 2 N–H and O–H groups in total. The Kier molecular flexibility index (Phi) is 14.0. The second kappa shape index (κ2) is 15.7. The highest BCUT2D eigenvalue weighted by atomic mass is 127. The number of nitrogens with one attached hydrogen (secondary N) is 2. The van der Waals surface area contributed by atoms with Crippen LogP contribution in [0.25, 0.3) is 0 Å². The van der Waals surface area contributed by atoms with Crippen LogP contribution in [0.3, 0.4) is 0 Å². The van der Waals surface area contributed by atoms with Gasteiger partial charge in [-0.2, -0.15) is 0 Å². The van der Waals surface area contributed by atoms with Crippen molar-refractivity contribution < 1.29 is 9.47 Å². The van der Waals surface area contributed by atoms with Crippen molar-refractivity contribution in [3.63, 3.8) is 0 Å². The van der Waals surface area contributed by atoms with E-state index in [2.05, 4.69) is 51.5 Å². The molecule has 0 spiro atoms. The van der Waals surface area contributed by atoms with Gasteiger partial charge in [0, 0.05) is 65.9 Å². The zero-order valence-corrected chi connectivity index (χ0v) is 20.5. The molecule has 1 fully saturated rings. The van der Waals surface area contributed by atoms with Gasteiger partial charge in [0.2, 0.25) is 0 Å². The Balaban J connectivity index is 0.00000420. The Morgan fingerprint density at radius 2 is 2.00 bits per heavy atom. The molecular formula is C21H38IN5O2. The third kappa shape index (κ3) is 9.95. The lowest BCUT2D eigenvalue weighted by Crippen LogP contribution is -2.37. The maximum Gasteiger partial charge on any atom is 0.191 e.